The smallest absolute Gasteiger partial charge is 0.231 e. The number of para-hydroxylation sites is 2. The molecule has 2 aliphatic rings. The van der Waals surface area contributed by atoms with Crippen LogP contribution in [0.25, 0.3) is 0 Å². The van der Waals surface area contributed by atoms with Crippen molar-refractivity contribution in [2.24, 2.45) is 5.41 Å². The number of hydrogen-bond donors (Lipinski definition) is 1. The molecule has 5 nitrogen and oxygen atoms in total. The van der Waals surface area contributed by atoms with E-state index in [0.717, 1.165) is 22.6 Å². The van der Waals surface area contributed by atoms with Gasteiger partial charge in [0.1, 0.15) is 11.5 Å². The highest BCUT2D eigenvalue weighted by molar-refractivity contribution is 5.83. The van der Waals surface area contributed by atoms with Crippen LogP contribution in [-0.4, -0.2) is 35.7 Å². The van der Waals surface area contributed by atoms with Crippen LogP contribution < -0.4 is 4.74 Å². The molecule has 2 heterocycles. The van der Waals surface area contributed by atoms with Crippen LogP contribution in [0.1, 0.15) is 24.0 Å². The lowest BCUT2D eigenvalue weighted by Gasteiger charge is -2.39. The Balaban J connectivity index is 1.73. The van der Waals surface area contributed by atoms with Crippen molar-refractivity contribution in [3.63, 3.8) is 0 Å². The number of carbonyl (C=O) groups is 1. The predicted molar refractivity (Wildman–Crippen MR) is 96.8 cm³/mol. The molecule has 1 N–H and O–H groups in total. The molecule has 0 spiro atoms. The van der Waals surface area contributed by atoms with Crippen molar-refractivity contribution < 1.29 is 19.4 Å². The molecule has 136 valence electrons. The van der Waals surface area contributed by atoms with Crippen LogP contribution in [0.5, 0.6) is 11.5 Å². The van der Waals surface area contributed by atoms with Gasteiger partial charge in [-0.05, 0) is 25.0 Å². The number of nitrogens with zero attached hydrogens (tertiary/aromatic N) is 1. The summed E-state index contributed by atoms with van der Waals surface area (Å²) in [5.74, 6) is 1.53. The Labute approximate surface area is 153 Å². The minimum Gasteiger partial charge on any atom is -0.457 e. The molecule has 0 atom stereocenters. The topological polar surface area (TPSA) is 59.0 Å². The van der Waals surface area contributed by atoms with Crippen molar-refractivity contribution >= 4 is 5.91 Å². The fourth-order valence-electron chi connectivity index (χ4n) is 3.73. The number of amides is 1. The Morgan fingerprint density at radius 1 is 0.962 bits per heavy atom. The minimum absolute atomic E-state index is 0.00481. The van der Waals surface area contributed by atoms with E-state index in [1.807, 2.05) is 53.4 Å². The molecule has 5 heteroatoms. The third-order valence-corrected chi connectivity index (χ3v) is 5.38. The van der Waals surface area contributed by atoms with E-state index in [-0.39, 0.29) is 12.5 Å². The first-order chi connectivity index (χ1) is 12.7. The van der Waals surface area contributed by atoms with Crippen LogP contribution in [0, 0.1) is 5.41 Å². The molecule has 2 aromatic carbocycles. The second-order valence-corrected chi connectivity index (χ2v) is 7.03. The SMILES string of the molecule is O=C(N1Cc2ccccc2Oc2ccccc2C1)C1(CO)CCOCC1. The largest absolute Gasteiger partial charge is 0.457 e. The van der Waals surface area contributed by atoms with E-state index >= 15 is 0 Å². The van der Waals surface area contributed by atoms with E-state index in [0.29, 0.717) is 39.1 Å². The maximum atomic E-state index is 13.5. The number of aliphatic hydroxyl groups is 1. The maximum absolute atomic E-state index is 13.5. The monoisotopic (exact) mass is 353 g/mol. The van der Waals surface area contributed by atoms with Gasteiger partial charge in [-0.1, -0.05) is 36.4 Å². The molecule has 1 fully saturated rings. The fourth-order valence-corrected chi connectivity index (χ4v) is 3.73. The third-order valence-electron chi connectivity index (χ3n) is 5.38. The van der Waals surface area contributed by atoms with Crippen LogP contribution >= 0.6 is 0 Å². The van der Waals surface area contributed by atoms with E-state index in [1.165, 1.54) is 0 Å². The summed E-state index contributed by atoms with van der Waals surface area (Å²) < 4.78 is 11.5. The molecule has 26 heavy (non-hydrogen) atoms. The van der Waals surface area contributed by atoms with Crippen LogP contribution in [0.15, 0.2) is 48.5 Å². The summed E-state index contributed by atoms with van der Waals surface area (Å²) in [5, 5.41) is 10.0. The number of carbonyl (C=O) groups excluding carboxylic acids is 1. The molecule has 1 saturated heterocycles. The molecule has 1 amide bonds. The summed E-state index contributed by atoms with van der Waals surface area (Å²) in [7, 11) is 0. The molecular formula is C21H23NO4. The molecule has 2 aliphatic heterocycles. The number of ether oxygens (including phenoxy) is 2. The van der Waals surface area contributed by atoms with E-state index < -0.39 is 5.41 Å². The number of rotatable bonds is 2. The zero-order chi connectivity index (χ0) is 18.0. The van der Waals surface area contributed by atoms with Gasteiger partial charge in [0.25, 0.3) is 0 Å². The van der Waals surface area contributed by atoms with Gasteiger partial charge in [-0.15, -0.1) is 0 Å². The van der Waals surface area contributed by atoms with E-state index in [9.17, 15) is 9.90 Å². The minimum atomic E-state index is -0.748. The van der Waals surface area contributed by atoms with Gasteiger partial charge in [0, 0.05) is 37.4 Å². The van der Waals surface area contributed by atoms with E-state index in [2.05, 4.69) is 0 Å². The molecule has 0 aromatic heterocycles. The van der Waals surface area contributed by atoms with Crippen LogP contribution in [-0.2, 0) is 22.6 Å². The van der Waals surface area contributed by atoms with Gasteiger partial charge in [0.15, 0.2) is 0 Å². The Morgan fingerprint density at radius 3 is 2.04 bits per heavy atom. The van der Waals surface area contributed by atoms with Crippen LogP contribution in [0.2, 0.25) is 0 Å². The number of hydrogen-bond acceptors (Lipinski definition) is 4. The van der Waals surface area contributed by atoms with Gasteiger partial charge < -0.3 is 19.5 Å². The predicted octanol–water partition coefficient (Wildman–Crippen LogP) is 3.11. The lowest BCUT2D eigenvalue weighted by molar-refractivity contribution is -0.153. The van der Waals surface area contributed by atoms with Gasteiger partial charge in [-0.25, -0.2) is 0 Å². The molecule has 0 bridgehead atoms. The first kappa shape index (κ1) is 17.1. The molecular weight excluding hydrogens is 330 g/mol. The van der Waals surface area contributed by atoms with Crippen LogP contribution in [0.4, 0.5) is 0 Å². The van der Waals surface area contributed by atoms with Crippen molar-refractivity contribution in [3.05, 3.63) is 59.7 Å². The Hall–Kier alpha value is -2.37. The van der Waals surface area contributed by atoms with E-state index in [1.54, 1.807) is 0 Å². The van der Waals surface area contributed by atoms with Gasteiger partial charge in [0.2, 0.25) is 5.91 Å². The van der Waals surface area contributed by atoms with Crippen LogP contribution in [0.3, 0.4) is 0 Å². The quantitative estimate of drug-likeness (QED) is 0.901. The highest BCUT2D eigenvalue weighted by Gasteiger charge is 2.42. The highest BCUT2D eigenvalue weighted by Crippen LogP contribution is 2.37. The summed E-state index contributed by atoms with van der Waals surface area (Å²) in [6, 6.07) is 15.6. The summed E-state index contributed by atoms with van der Waals surface area (Å²) in [6.45, 7) is 1.80. The molecule has 0 aliphatic carbocycles. The lowest BCUT2D eigenvalue weighted by Crippen LogP contribution is -2.48. The van der Waals surface area contributed by atoms with Crippen molar-refractivity contribution in [1.82, 2.24) is 4.90 Å². The molecule has 4 rings (SSSR count). The van der Waals surface area contributed by atoms with Crippen molar-refractivity contribution in [2.75, 3.05) is 19.8 Å². The zero-order valence-electron chi connectivity index (χ0n) is 14.7. The van der Waals surface area contributed by atoms with Gasteiger partial charge in [0.05, 0.1) is 12.0 Å². The lowest BCUT2D eigenvalue weighted by atomic mass is 9.79. The number of fused-ring (bicyclic) bond motifs is 2. The van der Waals surface area contributed by atoms with Crippen molar-refractivity contribution in [1.29, 1.82) is 0 Å². The van der Waals surface area contributed by atoms with Gasteiger partial charge >= 0.3 is 0 Å². The highest BCUT2D eigenvalue weighted by atomic mass is 16.5. The maximum Gasteiger partial charge on any atom is 0.231 e. The summed E-state index contributed by atoms with van der Waals surface area (Å²) >= 11 is 0. The normalized spacial score (nSPS) is 18.7. The number of benzene rings is 2. The molecule has 0 unspecified atom stereocenters. The Morgan fingerprint density at radius 2 is 1.50 bits per heavy atom. The molecule has 0 radical (unpaired) electrons. The molecule has 0 saturated carbocycles. The second-order valence-electron chi connectivity index (χ2n) is 7.03. The summed E-state index contributed by atoms with van der Waals surface area (Å²) in [4.78, 5) is 15.3. The van der Waals surface area contributed by atoms with Crippen molar-refractivity contribution in [3.8, 4) is 11.5 Å². The average Bonchev–Trinajstić information content (AvgIpc) is 2.68. The zero-order valence-corrected chi connectivity index (χ0v) is 14.7. The van der Waals surface area contributed by atoms with Gasteiger partial charge in [-0.2, -0.15) is 0 Å². The standard InChI is InChI=1S/C21H23NO4/c23-15-21(9-11-25-12-10-21)20(24)22-13-16-5-1-3-7-18(16)26-19-8-4-2-6-17(19)14-22/h1-8,23H,9-15H2. The first-order valence-electron chi connectivity index (χ1n) is 9.03. The van der Waals surface area contributed by atoms with E-state index in [4.69, 9.17) is 9.47 Å². The second kappa shape index (κ2) is 7.09. The van der Waals surface area contributed by atoms with Gasteiger partial charge in [-0.3, -0.25) is 4.79 Å². The Bertz CT molecular complexity index is 751. The fraction of sp³-hybridized carbons (Fsp3) is 0.381. The third kappa shape index (κ3) is 3.08. The Kier molecular flexibility index (Phi) is 4.66. The molecule has 2 aromatic rings. The summed E-state index contributed by atoms with van der Waals surface area (Å²) in [5.41, 5.74) is 1.19. The summed E-state index contributed by atoms with van der Waals surface area (Å²) in [6.07, 6.45) is 1.11. The van der Waals surface area contributed by atoms with Crippen molar-refractivity contribution in [2.45, 2.75) is 25.9 Å². The average molecular weight is 353 g/mol. The first-order valence-corrected chi connectivity index (χ1v) is 9.03. The number of aliphatic hydroxyl groups excluding tert-OH is 1.